The lowest BCUT2D eigenvalue weighted by molar-refractivity contribution is 0.0700. The van der Waals surface area contributed by atoms with Crippen LogP contribution in [0, 0.1) is 6.33 Å². The third-order valence-electron chi connectivity index (χ3n) is 0.960. The number of rotatable bonds is 2. The Bertz CT molecular complexity index is 161. The largest absolute Gasteiger partial charge is 0.370 e. The predicted octanol–water partition coefficient (Wildman–Crippen LogP) is -0.626. The van der Waals surface area contributed by atoms with Gasteiger partial charge in [-0.25, -0.2) is 0 Å². The molecule has 1 N–H and O–H groups in total. The van der Waals surface area contributed by atoms with Crippen molar-refractivity contribution in [2.45, 2.75) is 19.6 Å². The fourth-order valence-electron chi connectivity index (χ4n) is 0.441. The highest BCUT2D eigenvalue weighted by molar-refractivity contribution is 4.42. The third kappa shape index (κ3) is 1.23. The summed E-state index contributed by atoms with van der Waals surface area (Å²) in [5.74, 6) is 0. The monoisotopic (exact) mass is 127 g/mol. The van der Waals surface area contributed by atoms with E-state index >= 15 is 0 Å². The van der Waals surface area contributed by atoms with Crippen LogP contribution >= 0.6 is 0 Å². The van der Waals surface area contributed by atoms with Crippen LogP contribution in [0.5, 0.6) is 0 Å². The van der Waals surface area contributed by atoms with Gasteiger partial charge in [0.15, 0.2) is 6.23 Å². The van der Waals surface area contributed by atoms with Gasteiger partial charge >= 0.3 is 0 Å². The third-order valence-corrected chi connectivity index (χ3v) is 0.960. The molecular weight excluding hydrogens is 120 g/mol. The van der Waals surface area contributed by atoms with Crippen molar-refractivity contribution >= 4 is 0 Å². The van der Waals surface area contributed by atoms with Crippen LogP contribution in [-0.4, -0.2) is 25.3 Å². The van der Waals surface area contributed by atoms with Crippen molar-refractivity contribution in [3.8, 4) is 0 Å². The van der Waals surface area contributed by atoms with Crippen molar-refractivity contribution in [1.29, 1.82) is 0 Å². The molecule has 9 heavy (non-hydrogen) atoms. The molecule has 1 aromatic rings. The van der Waals surface area contributed by atoms with Crippen molar-refractivity contribution < 1.29 is 5.11 Å². The summed E-state index contributed by atoms with van der Waals surface area (Å²) in [5.41, 5.74) is 0. The van der Waals surface area contributed by atoms with Gasteiger partial charge in [0.25, 0.3) is 0 Å². The van der Waals surface area contributed by atoms with E-state index < -0.39 is 6.23 Å². The smallest absolute Gasteiger partial charge is 0.246 e. The van der Waals surface area contributed by atoms with Gasteiger partial charge in [-0.1, -0.05) is 6.92 Å². The molecule has 49 valence electrons. The second-order valence-electron chi connectivity index (χ2n) is 1.60. The van der Waals surface area contributed by atoms with Gasteiger partial charge in [0.1, 0.15) is 0 Å². The zero-order valence-corrected chi connectivity index (χ0v) is 5.02. The molecule has 0 amide bonds. The van der Waals surface area contributed by atoms with Crippen LogP contribution in [-0.2, 0) is 0 Å². The van der Waals surface area contributed by atoms with Crippen LogP contribution in [0.3, 0.4) is 0 Å². The minimum atomic E-state index is -0.663. The number of aromatic nitrogens is 4. The SMILES string of the molecule is CCC(O)n1n[c]nn1. The topological polar surface area (TPSA) is 63.8 Å². The Morgan fingerprint density at radius 2 is 2.56 bits per heavy atom. The van der Waals surface area contributed by atoms with Gasteiger partial charge in [0, 0.05) is 0 Å². The molecule has 1 atom stereocenters. The molecule has 5 nitrogen and oxygen atoms in total. The highest BCUT2D eigenvalue weighted by atomic mass is 16.3. The minimum Gasteiger partial charge on any atom is -0.370 e. The van der Waals surface area contributed by atoms with Crippen LogP contribution in [0.4, 0.5) is 0 Å². The molecular formula is C4H7N4O. The number of hydrogen-bond acceptors (Lipinski definition) is 4. The Kier molecular flexibility index (Phi) is 1.74. The summed E-state index contributed by atoms with van der Waals surface area (Å²) in [6.07, 6.45) is 2.15. The summed E-state index contributed by atoms with van der Waals surface area (Å²) in [4.78, 5) is 1.11. The highest BCUT2D eigenvalue weighted by Gasteiger charge is 2.02. The maximum Gasteiger partial charge on any atom is 0.246 e. The molecule has 0 spiro atoms. The van der Waals surface area contributed by atoms with Gasteiger partial charge < -0.3 is 5.11 Å². The molecule has 0 aliphatic heterocycles. The van der Waals surface area contributed by atoms with E-state index in [1.165, 1.54) is 0 Å². The van der Waals surface area contributed by atoms with E-state index in [4.69, 9.17) is 5.11 Å². The number of tetrazole rings is 1. The summed E-state index contributed by atoms with van der Waals surface area (Å²) in [5, 5.41) is 19.2. The lowest BCUT2D eigenvalue weighted by Gasteiger charge is -2.02. The summed E-state index contributed by atoms with van der Waals surface area (Å²) >= 11 is 0. The van der Waals surface area contributed by atoms with Crippen LogP contribution in [0.25, 0.3) is 0 Å². The summed E-state index contributed by atoms with van der Waals surface area (Å²) in [7, 11) is 0. The number of aliphatic hydroxyl groups is 1. The molecule has 5 heteroatoms. The van der Waals surface area contributed by atoms with Gasteiger partial charge in [0.2, 0.25) is 6.33 Å². The molecule has 0 saturated heterocycles. The molecule has 1 aromatic heterocycles. The fourth-order valence-corrected chi connectivity index (χ4v) is 0.441. The van der Waals surface area contributed by atoms with Crippen LogP contribution in [0.15, 0.2) is 0 Å². The molecule has 0 bridgehead atoms. The van der Waals surface area contributed by atoms with Crippen molar-refractivity contribution in [2.75, 3.05) is 0 Å². The molecule has 0 aliphatic rings. The van der Waals surface area contributed by atoms with Crippen LogP contribution in [0.2, 0.25) is 0 Å². The van der Waals surface area contributed by atoms with Crippen molar-refractivity contribution in [3.05, 3.63) is 6.33 Å². The second kappa shape index (κ2) is 2.54. The van der Waals surface area contributed by atoms with Crippen molar-refractivity contribution in [2.24, 2.45) is 0 Å². The Hall–Kier alpha value is -0.970. The molecule has 0 saturated carbocycles. The minimum absolute atomic E-state index is 0.574. The first kappa shape index (κ1) is 6.15. The Balaban J connectivity index is 2.65. The molecule has 1 heterocycles. The zero-order chi connectivity index (χ0) is 6.69. The maximum atomic E-state index is 9.00. The average molecular weight is 127 g/mol. The van der Waals surface area contributed by atoms with E-state index in [-0.39, 0.29) is 0 Å². The van der Waals surface area contributed by atoms with E-state index in [1.807, 2.05) is 6.92 Å². The highest BCUT2D eigenvalue weighted by Crippen LogP contribution is 1.98. The molecule has 0 aliphatic carbocycles. The van der Waals surface area contributed by atoms with E-state index in [0.29, 0.717) is 6.42 Å². The molecule has 1 unspecified atom stereocenters. The molecule has 1 rings (SSSR count). The summed E-state index contributed by atoms with van der Waals surface area (Å²) < 4.78 is 0. The zero-order valence-electron chi connectivity index (χ0n) is 5.02. The Morgan fingerprint density at radius 1 is 1.78 bits per heavy atom. The standard InChI is InChI=1S/C4H7N4O/c1-2-4(9)8-6-3-5-7-8/h4,9H,2H2,1H3. The van der Waals surface area contributed by atoms with E-state index in [9.17, 15) is 0 Å². The number of aliphatic hydroxyl groups excluding tert-OH is 1. The van der Waals surface area contributed by atoms with Gasteiger partial charge in [-0.05, 0) is 11.6 Å². The normalized spacial score (nSPS) is 13.6. The van der Waals surface area contributed by atoms with Gasteiger partial charge in [0.05, 0.1) is 0 Å². The van der Waals surface area contributed by atoms with Crippen molar-refractivity contribution in [3.63, 3.8) is 0 Å². The first-order chi connectivity index (χ1) is 4.34. The molecule has 0 aromatic carbocycles. The Labute approximate surface area is 52.3 Å². The van der Waals surface area contributed by atoms with Crippen LogP contribution in [0.1, 0.15) is 19.6 Å². The lowest BCUT2D eigenvalue weighted by atomic mass is 10.4. The molecule has 0 fully saturated rings. The summed E-state index contributed by atoms with van der Waals surface area (Å²) in [6, 6.07) is 0. The number of hydrogen-bond donors (Lipinski definition) is 1. The quantitative estimate of drug-likeness (QED) is 0.574. The first-order valence-electron chi connectivity index (χ1n) is 2.68. The molecule has 1 radical (unpaired) electrons. The first-order valence-corrected chi connectivity index (χ1v) is 2.68. The van der Waals surface area contributed by atoms with Gasteiger partial charge in [-0.2, -0.15) is 0 Å². The van der Waals surface area contributed by atoms with Crippen molar-refractivity contribution in [1.82, 2.24) is 20.2 Å². The second-order valence-corrected chi connectivity index (χ2v) is 1.60. The maximum absolute atomic E-state index is 9.00. The predicted molar refractivity (Wildman–Crippen MR) is 28.2 cm³/mol. The lowest BCUT2D eigenvalue weighted by Crippen LogP contribution is -2.10. The van der Waals surface area contributed by atoms with E-state index in [1.54, 1.807) is 0 Å². The Morgan fingerprint density at radius 3 is 3.00 bits per heavy atom. The number of nitrogens with zero attached hydrogens (tertiary/aromatic N) is 4. The van der Waals surface area contributed by atoms with E-state index in [2.05, 4.69) is 21.7 Å². The van der Waals surface area contributed by atoms with Crippen LogP contribution < -0.4 is 0 Å². The fraction of sp³-hybridized carbons (Fsp3) is 0.750. The average Bonchev–Trinajstić information content (AvgIpc) is 2.37. The van der Waals surface area contributed by atoms with Gasteiger partial charge in [-0.15, -0.1) is 15.0 Å². The summed E-state index contributed by atoms with van der Waals surface area (Å²) in [6.45, 7) is 1.83. The van der Waals surface area contributed by atoms with E-state index in [0.717, 1.165) is 4.80 Å². The van der Waals surface area contributed by atoms with Gasteiger partial charge in [-0.3, -0.25) is 0 Å².